The van der Waals surface area contributed by atoms with Crippen molar-refractivity contribution in [3.8, 4) is 0 Å². The minimum absolute atomic E-state index is 0.0143. The Kier molecular flexibility index (Phi) is 2.46. The number of hydrogen-bond donors (Lipinski definition) is 2. The Morgan fingerprint density at radius 3 is 2.00 bits per heavy atom. The highest BCUT2D eigenvalue weighted by Crippen LogP contribution is 2.48. The standard InChI is InChI=1S/C12H21NO3/c1-11(2,3)12(16)6-8-4-5-9(7-12)13(8)10(14)15/h8-9,16H,4-7H2,1-3H3,(H,14,15)/t8-,9+,12?. The molecule has 4 nitrogen and oxygen atoms in total. The van der Waals surface area contributed by atoms with Gasteiger partial charge in [-0.1, -0.05) is 20.8 Å². The zero-order valence-corrected chi connectivity index (χ0v) is 10.2. The first-order chi connectivity index (χ1) is 7.24. The van der Waals surface area contributed by atoms with Crippen LogP contribution < -0.4 is 0 Å². The summed E-state index contributed by atoms with van der Waals surface area (Å²) >= 11 is 0. The maximum absolute atomic E-state index is 11.1. The molecule has 0 aromatic carbocycles. The molecule has 4 heteroatoms. The lowest BCUT2D eigenvalue weighted by molar-refractivity contribution is -0.114. The van der Waals surface area contributed by atoms with Crippen LogP contribution in [0.3, 0.4) is 0 Å². The van der Waals surface area contributed by atoms with E-state index in [1.54, 1.807) is 4.90 Å². The molecule has 2 N–H and O–H groups in total. The number of fused-ring (bicyclic) bond motifs is 2. The lowest BCUT2D eigenvalue weighted by Crippen LogP contribution is -2.57. The molecule has 2 heterocycles. The topological polar surface area (TPSA) is 60.8 Å². The van der Waals surface area contributed by atoms with Crippen molar-refractivity contribution in [2.24, 2.45) is 5.41 Å². The van der Waals surface area contributed by atoms with Crippen molar-refractivity contribution in [3.05, 3.63) is 0 Å². The second kappa shape index (κ2) is 3.36. The van der Waals surface area contributed by atoms with E-state index in [0.29, 0.717) is 12.8 Å². The molecule has 1 amide bonds. The van der Waals surface area contributed by atoms with Crippen LogP contribution in [0.15, 0.2) is 0 Å². The van der Waals surface area contributed by atoms with E-state index in [2.05, 4.69) is 0 Å². The Morgan fingerprint density at radius 2 is 1.69 bits per heavy atom. The summed E-state index contributed by atoms with van der Waals surface area (Å²) < 4.78 is 0. The SMILES string of the molecule is CC(C)(C)C1(O)C[C@H]2CC[C@@H](C1)N2C(=O)O. The molecule has 0 spiro atoms. The fraction of sp³-hybridized carbons (Fsp3) is 0.917. The molecule has 16 heavy (non-hydrogen) atoms. The lowest BCUT2D eigenvalue weighted by Gasteiger charge is -2.49. The minimum Gasteiger partial charge on any atom is -0.465 e. The van der Waals surface area contributed by atoms with E-state index >= 15 is 0 Å². The first kappa shape index (κ1) is 11.7. The van der Waals surface area contributed by atoms with E-state index in [0.717, 1.165) is 12.8 Å². The van der Waals surface area contributed by atoms with Crippen LogP contribution in [-0.4, -0.2) is 38.9 Å². The smallest absolute Gasteiger partial charge is 0.407 e. The third-order valence-corrected chi connectivity index (χ3v) is 4.38. The van der Waals surface area contributed by atoms with Crippen LogP contribution in [0.25, 0.3) is 0 Å². The predicted molar refractivity (Wildman–Crippen MR) is 60.3 cm³/mol. The molecule has 3 atom stereocenters. The Labute approximate surface area is 96.3 Å². The molecule has 0 aromatic heterocycles. The number of hydrogen-bond acceptors (Lipinski definition) is 2. The van der Waals surface area contributed by atoms with Gasteiger partial charge in [0.2, 0.25) is 0 Å². The monoisotopic (exact) mass is 227 g/mol. The second-order valence-electron chi connectivity index (χ2n) is 6.26. The Morgan fingerprint density at radius 1 is 1.25 bits per heavy atom. The average molecular weight is 227 g/mol. The molecule has 0 aliphatic carbocycles. The number of amides is 1. The van der Waals surface area contributed by atoms with E-state index in [9.17, 15) is 9.90 Å². The number of carbonyl (C=O) groups is 1. The molecular formula is C12H21NO3. The van der Waals surface area contributed by atoms with E-state index in [1.807, 2.05) is 20.8 Å². The molecular weight excluding hydrogens is 206 g/mol. The molecule has 2 aliphatic rings. The molecule has 2 fully saturated rings. The molecule has 2 bridgehead atoms. The van der Waals surface area contributed by atoms with Crippen molar-refractivity contribution in [1.29, 1.82) is 0 Å². The largest absolute Gasteiger partial charge is 0.465 e. The number of rotatable bonds is 0. The van der Waals surface area contributed by atoms with Crippen LogP contribution in [0, 0.1) is 5.41 Å². The zero-order valence-electron chi connectivity index (χ0n) is 10.2. The summed E-state index contributed by atoms with van der Waals surface area (Å²) in [5, 5.41) is 19.8. The number of piperidine rings is 1. The van der Waals surface area contributed by atoms with Gasteiger partial charge in [-0.25, -0.2) is 4.79 Å². The normalized spacial score (nSPS) is 38.9. The van der Waals surface area contributed by atoms with Gasteiger partial charge in [0.05, 0.1) is 5.60 Å². The summed E-state index contributed by atoms with van der Waals surface area (Å²) in [5.41, 5.74) is -0.900. The van der Waals surface area contributed by atoms with E-state index in [4.69, 9.17) is 5.11 Å². The molecule has 0 radical (unpaired) electrons. The first-order valence-corrected chi connectivity index (χ1v) is 5.98. The van der Waals surface area contributed by atoms with Gasteiger partial charge in [0.25, 0.3) is 0 Å². The molecule has 0 saturated carbocycles. The fourth-order valence-electron chi connectivity index (χ4n) is 3.15. The van der Waals surface area contributed by atoms with Crippen LogP contribution >= 0.6 is 0 Å². The lowest BCUT2D eigenvalue weighted by atomic mass is 9.69. The van der Waals surface area contributed by atoms with E-state index < -0.39 is 11.7 Å². The van der Waals surface area contributed by atoms with Gasteiger partial charge in [-0.15, -0.1) is 0 Å². The van der Waals surface area contributed by atoms with Crippen LogP contribution in [-0.2, 0) is 0 Å². The second-order valence-corrected chi connectivity index (χ2v) is 6.26. The van der Waals surface area contributed by atoms with Crippen molar-refractivity contribution in [1.82, 2.24) is 4.90 Å². The summed E-state index contributed by atoms with van der Waals surface area (Å²) in [7, 11) is 0. The number of carboxylic acid groups (broad SMARTS) is 1. The predicted octanol–water partition coefficient (Wildman–Crippen LogP) is 2.07. The fourth-order valence-corrected chi connectivity index (χ4v) is 3.15. The van der Waals surface area contributed by atoms with Crippen molar-refractivity contribution < 1.29 is 15.0 Å². The first-order valence-electron chi connectivity index (χ1n) is 5.98. The van der Waals surface area contributed by atoms with Gasteiger partial charge in [-0.05, 0) is 31.1 Å². The summed E-state index contributed by atoms with van der Waals surface area (Å²) in [6.07, 6.45) is 2.13. The van der Waals surface area contributed by atoms with Gasteiger partial charge in [-0.2, -0.15) is 0 Å². The van der Waals surface area contributed by atoms with Crippen LogP contribution in [0.5, 0.6) is 0 Å². The number of nitrogens with zero attached hydrogens (tertiary/aromatic N) is 1. The molecule has 2 aliphatic heterocycles. The molecule has 2 rings (SSSR count). The third kappa shape index (κ3) is 1.59. The summed E-state index contributed by atoms with van der Waals surface area (Å²) in [5.74, 6) is 0. The van der Waals surface area contributed by atoms with Gasteiger partial charge in [0.15, 0.2) is 0 Å². The van der Waals surface area contributed by atoms with Crippen molar-refractivity contribution in [2.75, 3.05) is 0 Å². The molecule has 1 unspecified atom stereocenters. The van der Waals surface area contributed by atoms with Gasteiger partial charge >= 0.3 is 6.09 Å². The number of aliphatic hydroxyl groups is 1. The molecule has 2 saturated heterocycles. The highest BCUT2D eigenvalue weighted by Gasteiger charge is 2.53. The summed E-state index contributed by atoms with van der Waals surface area (Å²) in [6.45, 7) is 6.09. The summed E-state index contributed by atoms with van der Waals surface area (Å²) in [4.78, 5) is 12.7. The molecule has 0 aromatic rings. The highest BCUT2D eigenvalue weighted by atomic mass is 16.4. The Bertz CT molecular complexity index is 294. The maximum Gasteiger partial charge on any atom is 0.407 e. The van der Waals surface area contributed by atoms with Crippen molar-refractivity contribution in [3.63, 3.8) is 0 Å². The van der Waals surface area contributed by atoms with Gasteiger partial charge in [0.1, 0.15) is 0 Å². The molecule has 92 valence electrons. The van der Waals surface area contributed by atoms with Crippen LogP contribution in [0.1, 0.15) is 46.5 Å². The minimum atomic E-state index is -0.830. The maximum atomic E-state index is 11.1. The van der Waals surface area contributed by atoms with E-state index in [1.165, 1.54) is 0 Å². The Balaban J connectivity index is 2.22. The highest BCUT2D eigenvalue weighted by molar-refractivity contribution is 5.66. The van der Waals surface area contributed by atoms with Crippen molar-refractivity contribution in [2.45, 2.75) is 64.1 Å². The van der Waals surface area contributed by atoms with Gasteiger partial charge < -0.3 is 15.1 Å². The van der Waals surface area contributed by atoms with Crippen LogP contribution in [0.2, 0.25) is 0 Å². The summed E-state index contributed by atoms with van der Waals surface area (Å²) in [6, 6.07) is 0.0287. The van der Waals surface area contributed by atoms with Crippen molar-refractivity contribution >= 4 is 6.09 Å². The van der Waals surface area contributed by atoms with Gasteiger partial charge in [0, 0.05) is 12.1 Å². The zero-order chi connectivity index (χ0) is 12.1. The quantitative estimate of drug-likeness (QED) is 0.666. The van der Waals surface area contributed by atoms with Crippen LogP contribution in [0.4, 0.5) is 4.79 Å². The Hall–Kier alpha value is -0.770. The van der Waals surface area contributed by atoms with Gasteiger partial charge in [-0.3, -0.25) is 0 Å². The average Bonchev–Trinajstić information content (AvgIpc) is 2.37. The third-order valence-electron chi connectivity index (χ3n) is 4.38. The van der Waals surface area contributed by atoms with E-state index in [-0.39, 0.29) is 17.5 Å².